The molecule has 4 heterocycles. The van der Waals surface area contributed by atoms with Crippen molar-refractivity contribution in [1.82, 2.24) is 24.7 Å². The summed E-state index contributed by atoms with van der Waals surface area (Å²) in [7, 11) is 3.76. The van der Waals surface area contributed by atoms with E-state index in [4.69, 9.17) is 4.98 Å². The van der Waals surface area contributed by atoms with Crippen molar-refractivity contribution in [2.75, 3.05) is 18.5 Å². The number of hydrogen-bond acceptors (Lipinski definition) is 6. The van der Waals surface area contributed by atoms with Crippen molar-refractivity contribution in [1.29, 1.82) is 0 Å². The SMILES string of the molecule is CCCc1nn(C)c2c(=O)[nH]c(N(C)CC3Cc4cccnc4S3)nc12. The van der Waals surface area contributed by atoms with Crippen LogP contribution >= 0.6 is 11.8 Å². The molecule has 8 heteroatoms. The van der Waals surface area contributed by atoms with Crippen molar-refractivity contribution in [2.45, 2.75) is 36.5 Å². The van der Waals surface area contributed by atoms with Gasteiger partial charge in [0.15, 0.2) is 5.52 Å². The van der Waals surface area contributed by atoms with Gasteiger partial charge in [-0.1, -0.05) is 19.4 Å². The second-order valence-corrected chi connectivity index (χ2v) is 7.99. The summed E-state index contributed by atoms with van der Waals surface area (Å²) >= 11 is 1.79. The summed E-state index contributed by atoms with van der Waals surface area (Å²) in [4.78, 5) is 26.7. The number of hydrogen-bond donors (Lipinski definition) is 1. The minimum absolute atomic E-state index is 0.141. The Morgan fingerprint density at radius 3 is 3.08 bits per heavy atom. The third-order valence-electron chi connectivity index (χ3n) is 4.65. The summed E-state index contributed by atoms with van der Waals surface area (Å²) in [6, 6.07) is 4.12. The number of pyridine rings is 1. The normalized spacial score (nSPS) is 16.2. The summed E-state index contributed by atoms with van der Waals surface area (Å²) in [6.07, 6.45) is 4.60. The molecular weight excluding hydrogens is 348 g/mol. The molecule has 0 saturated carbocycles. The Labute approximate surface area is 155 Å². The number of H-pyrrole nitrogens is 1. The molecule has 7 nitrogen and oxygen atoms in total. The summed E-state index contributed by atoms with van der Waals surface area (Å²) in [6.45, 7) is 2.89. The van der Waals surface area contributed by atoms with E-state index in [1.165, 1.54) is 5.56 Å². The minimum Gasteiger partial charge on any atom is -0.344 e. The highest BCUT2D eigenvalue weighted by molar-refractivity contribution is 8.00. The highest BCUT2D eigenvalue weighted by Crippen LogP contribution is 2.35. The molecule has 0 bridgehead atoms. The molecule has 4 rings (SSSR count). The first-order chi connectivity index (χ1) is 12.6. The Kier molecular flexibility index (Phi) is 4.44. The number of thioether (sulfide) groups is 1. The molecule has 0 aromatic carbocycles. The van der Waals surface area contributed by atoms with Crippen LogP contribution in [0.5, 0.6) is 0 Å². The fourth-order valence-electron chi connectivity index (χ4n) is 3.45. The number of nitrogens with one attached hydrogen (secondary N) is 1. The molecular formula is C18H22N6OS. The van der Waals surface area contributed by atoms with Crippen molar-refractivity contribution in [3.63, 3.8) is 0 Å². The molecule has 1 aliphatic rings. The van der Waals surface area contributed by atoms with Crippen LogP contribution in [0.25, 0.3) is 11.0 Å². The first-order valence-corrected chi connectivity index (χ1v) is 9.72. The van der Waals surface area contributed by atoms with Crippen LogP contribution in [0, 0.1) is 0 Å². The van der Waals surface area contributed by atoms with Gasteiger partial charge in [-0.25, -0.2) is 9.97 Å². The minimum atomic E-state index is -0.141. The molecule has 0 fully saturated rings. The number of rotatable bonds is 5. The van der Waals surface area contributed by atoms with Crippen LogP contribution in [0.15, 0.2) is 28.2 Å². The Morgan fingerprint density at radius 2 is 2.31 bits per heavy atom. The lowest BCUT2D eigenvalue weighted by atomic mass is 10.1. The van der Waals surface area contributed by atoms with Crippen LogP contribution in [-0.2, 0) is 19.9 Å². The predicted octanol–water partition coefficient (Wildman–Crippen LogP) is 2.16. The zero-order valence-electron chi connectivity index (χ0n) is 15.2. The van der Waals surface area contributed by atoms with Gasteiger partial charge >= 0.3 is 0 Å². The van der Waals surface area contributed by atoms with Crippen LogP contribution in [0.3, 0.4) is 0 Å². The number of fused-ring (bicyclic) bond motifs is 2. The molecule has 1 N–H and O–H groups in total. The molecule has 3 aromatic rings. The number of nitrogens with zero attached hydrogens (tertiary/aromatic N) is 5. The second kappa shape index (κ2) is 6.75. The van der Waals surface area contributed by atoms with Crippen molar-refractivity contribution >= 4 is 28.7 Å². The lowest BCUT2D eigenvalue weighted by molar-refractivity contribution is 0.750. The van der Waals surface area contributed by atoms with Gasteiger partial charge in [-0.05, 0) is 24.5 Å². The molecule has 3 aromatic heterocycles. The highest BCUT2D eigenvalue weighted by atomic mass is 32.2. The first-order valence-electron chi connectivity index (χ1n) is 8.84. The van der Waals surface area contributed by atoms with Crippen LogP contribution in [0.4, 0.5) is 5.95 Å². The van der Waals surface area contributed by atoms with E-state index in [-0.39, 0.29) is 5.56 Å². The molecule has 0 aliphatic carbocycles. The maximum atomic E-state index is 12.6. The maximum absolute atomic E-state index is 12.6. The Bertz CT molecular complexity index is 986. The fraction of sp³-hybridized carbons (Fsp3) is 0.444. The predicted molar refractivity (Wildman–Crippen MR) is 104 cm³/mol. The van der Waals surface area contributed by atoms with Crippen molar-refractivity contribution < 1.29 is 0 Å². The molecule has 0 saturated heterocycles. The molecule has 0 radical (unpaired) electrons. The van der Waals surface area contributed by atoms with Crippen LogP contribution in [-0.4, -0.2) is 43.6 Å². The van der Waals surface area contributed by atoms with Crippen molar-refractivity contribution in [3.05, 3.63) is 39.9 Å². The van der Waals surface area contributed by atoms with E-state index in [0.29, 0.717) is 22.2 Å². The number of aromatic nitrogens is 5. The number of aryl methyl sites for hydroxylation is 2. The molecule has 26 heavy (non-hydrogen) atoms. The van der Waals surface area contributed by atoms with Crippen LogP contribution in [0.1, 0.15) is 24.6 Å². The van der Waals surface area contributed by atoms with Gasteiger partial charge in [-0.15, -0.1) is 11.8 Å². The lowest BCUT2D eigenvalue weighted by Crippen LogP contribution is -2.30. The molecule has 1 atom stereocenters. The summed E-state index contributed by atoms with van der Waals surface area (Å²) < 4.78 is 1.63. The smallest absolute Gasteiger partial charge is 0.278 e. The standard InChI is InChI=1S/C18H22N6OS/c1-4-6-13-14-15(24(3)22-13)16(25)21-18(20-14)23(2)10-12-9-11-7-5-8-19-17(11)26-12/h5,7-8,12H,4,6,9-10H2,1-3H3,(H,20,21,25). The zero-order chi connectivity index (χ0) is 18.3. The van der Waals surface area contributed by atoms with Gasteiger partial charge in [-0.3, -0.25) is 14.5 Å². The molecule has 1 aliphatic heterocycles. The summed E-state index contributed by atoms with van der Waals surface area (Å²) in [5.74, 6) is 0.595. The molecule has 1 unspecified atom stereocenters. The van der Waals surface area contributed by atoms with Gasteiger partial charge in [0, 0.05) is 32.1 Å². The van der Waals surface area contributed by atoms with Gasteiger partial charge in [0.2, 0.25) is 5.95 Å². The van der Waals surface area contributed by atoms with E-state index < -0.39 is 0 Å². The van der Waals surface area contributed by atoms with Crippen molar-refractivity contribution in [3.8, 4) is 0 Å². The van der Waals surface area contributed by atoms with Gasteiger partial charge < -0.3 is 4.90 Å². The average molecular weight is 370 g/mol. The fourth-order valence-corrected chi connectivity index (χ4v) is 4.75. The topological polar surface area (TPSA) is 79.7 Å². The van der Waals surface area contributed by atoms with Gasteiger partial charge in [0.25, 0.3) is 5.56 Å². The van der Waals surface area contributed by atoms with Gasteiger partial charge in [-0.2, -0.15) is 5.10 Å². The highest BCUT2D eigenvalue weighted by Gasteiger charge is 2.25. The van der Waals surface area contributed by atoms with Crippen LogP contribution < -0.4 is 10.5 Å². The Hall–Kier alpha value is -2.35. The van der Waals surface area contributed by atoms with Gasteiger partial charge in [0.05, 0.1) is 10.7 Å². The third kappa shape index (κ3) is 2.98. The van der Waals surface area contributed by atoms with Crippen molar-refractivity contribution in [2.24, 2.45) is 7.05 Å². The Balaban J connectivity index is 1.60. The average Bonchev–Trinajstić information content (AvgIpc) is 3.16. The van der Waals surface area contributed by atoms with E-state index in [0.717, 1.165) is 36.5 Å². The van der Waals surface area contributed by atoms with E-state index in [9.17, 15) is 4.79 Å². The molecule has 0 spiro atoms. The largest absolute Gasteiger partial charge is 0.344 e. The number of aromatic amines is 1. The second-order valence-electron chi connectivity index (χ2n) is 6.70. The van der Waals surface area contributed by atoms with Gasteiger partial charge in [0.1, 0.15) is 5.52 Å². The molecule has 136 valence electrons. The zero-order valence-corrected chi connectivity index (χ0v) is 16.0. The van der Waals surface area contributed by atoms with Crippen LogP contribution in [0.2, 0.25) is 0 Å². The van der Waals surface area contributed by atoms with E-state index >= 15 is 0 Å². The summed E-state index contributed by atoms with van der Waals surface area (Å²) in [5, 5.41) is 5.98. The van der Waals surface area contributed by atoms with E-state index in [1.54, 1.807) is 23.5 Å². The van der Waals surface area contributed by atoms with E-state index in [2.05, 4.69) is 28.1 Å². The van der Waals surface area contributed by atoms with E-state index in [1.807, 2.05) is 24.2 Å². The summed E-state index contributed by atoms with van der Waals surface area (Å²) in [5.41, 5.74) is 3.29. The Morgan fingerprint density at radius 1 is 1.46 bits per heavy atom. The maximum Gasteiger partial charge on any atom is 0.278 e. The number of anilines is 1. The molecule has 0 amide bonds. The monoisotopic (exact) mass is 370 g/mol. The lowest BCUT2D eigenvalue weighted by Gasteiger charge is -2.20. The quantitative estimate of drug-likeness (QED) is 0.741. The first kappa shape index (κ1) is 17.1. The third-order valence-corrected chi connectivity index (χ3v) is 5.89.